The summed E-state index contributed by atoms with van der Waals surface area (Å²) in [4.78, 5) is 11.4. The Balaban J connectivity index is 1.73. The molecule has 0 saturated carbocycles. The van der Waals surface area contributed by atoms with Crippen LogP contribution in [-0.2, 0) is 9.47 Å². The third-order valence-electron chi connectivity index (χ3n) is 3.92. The van der Waals surface area contributed by atoms with Gasteiger partial charge in [-0.05, 0) is 37.5 Å². The van der Waals surface area contributed by atoms with Crippen molar-refractivity contribution in [3.05, 3.63) is 23.8 Å². The maximum atomic E-state index is 11.4. The average molecular weight is 262 g/mol. The van der Waals surface area contributed by atoms with E-state index in [9.17, 15) is 4.79 Å². The molecule has 1 aromatic carbocycles. The molecule has 2 heterocycles. The molecule has 2 bridgehead atoms. The van der Waals surface area contributed by atoms with Crippen LogP contribution in [0.4, 0.5) is 11.4 Å². The Kier molecular flexibility index (Phi) is 3.06. The molecular formula is C14H18N2O3. The Labute approximate surface area is 112 Å². The van der Waals surface area contributed by atoms with Gasteiger partial charge in [0.2, 0.25) is 0 Å². The van der Waals surface area contributed by atoms with Crippen LogP contribution >= 0.6 is 0 Å². The molecule has 1 aromatic rings. The maximum Gasteiger partial charge on any atom is 0.337 e. The summed E-state index contributed by atoms with van der Waals surface area (Å²) in [6.45, 7) is 0. The number of nitrogens with one attached hydrogen (secondary N) is 1. The number of anilines is 2. The Morgan fingerprint density at radius 3 is 2.89 bits per heavy atom. The van der Waals surface area contributed by atoms with Crippen LogP contribution in [0.2, 0.25) is 0 Å². The minimum atomic E-state index is -0.374. The first-order chi connectivity index (χ1) is 9.17. The molecule has 102 valence electrons. The standard InChI is InChI=1S/C14H18N2O3/c1-18-14(17)8-2-4-11(10(15)6-8)16-12-7-9-3-5-13(12)19-9/h2,4,6,9,12-13,16H,3,5,7,15H2,1H3. The topological polar surface area (TPSA) is 73.6 Å². The summed E-state index contributed by atoms with van der Waals surface area (Å²) in [7, 11) is 1.36. The van der Waals surface area contributed by atoms with Gasteiger partial charge in [0.1, 0.15) is 0 Å². The second kappa shape index (κ2) is 4.74. The predicted molar refractivity (Wildman–Crippen MR) is 72.1 cm³/mol. The lowest BCUT2D eigenvalue weighted by Gasteiger charge is -2.22. The molecular weight excluding hydrogens is 244 g/mol. The highest BCUT2D eigenvalue weighted by Gasteiger charge is 2.40. The molecule has 2 fully saturated rings. The number of methoxy groups -OCH3 is 1. The quantitative estimate of drug-likeness (QED) is 0.641. The number of nitrogen functional groups attached to an aromatic ring is 1. The highest BCUT2D eigenvalue weighted by Crippen LogP contribution is 2.36. The number of ether oxygens (including phenoxy) is 2. The van der Waals surface area contributed by atoms with Crippen molar-refractivity contribution in [2.75, 3.05) is 18.2 Å². The molecule has 2 aliphatic heterocycles. The lowest BCUT2D eigenvalue weighted by molar-refractivity contribution is 0.0601. The Morgan fingerprint density at radius 1 is 1.47 bits per heavy atom. The summed E-state index contributed by atoms with van der Waals surface area (Å²) in [5.74, 6) is -0.374. The van der Waals surface area contributed by atoms with E-state index in [1.807, 2.05) is 6.07 Å². The zero-order valence-corrected chi connectivity index (χ0v) is 10.9. The van der Waals surface area contributed by atoms with E-state index in [0.29, 0.717) is 29.5 Å². The Hall–Kier alpha value is -1.75. The number of nitrogens with two attached hydrogens (primary N) is 1. The summed E-state index contributed by atoms with van der Waals surface area (Å²) in [6, 6.07) is 5.51. The van der Waals surface area contributed by atoms with E-state index >= 15 is 0 Å². The number of rotatable bonds is 3. The first-order valence-corrected chi connectivity index (χ1v) is 6.57. The van der Waals surface area contributed by atoms with Gasteiger partial charge in [-0.3, -0.25) is 0 Å². The molecule has 19 heavy (non-hydrogen) atoms. The van der Waals surface area contributed by atoms with Crippen LogP contribution in [-0.4, -0.2) is 31.3 Å². The largest absolute Gasteiger partial charge is 0.465 e. The number of benzene rings is 1. The first kappa shape index (κ1) is 12.3. The van der Waals surface area contributed by atoms with Gasteiger partial charge < -0.3 is 20.5 Å². The summed E-state index contributed by atoms with van der Waals surface area (Å²) in [5.41, 5.74) is 7.86. The van der Waals surface area contributed by atoms with Gasteiger partial charge in [0.15, 0.2) is 0 Å². The zero-order valence-electron chi connectivity index (χ0n) is 10.9. The molecule has 5 nitrogen and oxygen atoms in total. The van der Waals surface area contributed by atoms with Crippen LogP contribution in [0.5, 0.6) is 0 Å². The van der Waals surface area contributed by atoms with Gasteiger partial charge in [0, 0.05) is 0 Å². The third-order valence-corrected chi connectivity index (χ3v) is 3.92. The molecule has 2 saturated heterocycles. The minimum absolute atomic E-state index is 0.296. The van der Waals surface area contributed by atoms with Crippen molar-refractivity contribution in [1.82, 2.24) is 0 Å². The fourth-order valence-corrected chi connectivity index (χ4v) is 2.93. The van der Waals surface area contributed by atoms with Gasteiger partial charge in [-0.2, -0.15) is 0 Å². The first-order valence-electron chi connectivity index (χ1n) is 6.57. The van der Waals surface area contributed by atoms with Crippen molar-refractivity contribution in [3.63, 3.8) is 0 Å². The highest BCUT2D eigenvalue weighted by molar-refractivity contribution is 5.91. The van der Waals surface area contributed by atoms with Crippen LogP contribution < -0.4 is 11.1 Å². The van der Waals surface area contributed by atoms with Crippen molar-refractivity contribution < 1.29 is 14.3 Å². The van der Waals surface area contributed by atoms with Crippen molar-refractivity contribution in [2.24, 2.45) is 0 Å². The van der Waals surface area contributed by atoms with Gasteiger partial charge in [0.05, 0.1) is 42.3 Å². The van der Waals surface area contributed by atoms with Crippen molar-refractivity contribution in [2.45, 2.75) is 37.5 Å². The molecule has 0 spiro atoms. The summed E-state index contributed by atoms with van der Waals surface area (Å²) in [5, 5.41) is 3.42. The van der Waals surface area contributed by atoms with Gasteiger partial charge in [-0.25, -0.2) is 4.79 Å². The van der Waals surface area contributed by atoms with Crippen LogP contribution in [0.25, 0.3) is 0 Å². The summed E-state index contributed by atoms with van der Waals surface area (Å²) < 4.78 is 10.5. The molecule has 3 unspecified atom stereocenters. The zero-order chi connectivity index (χ0) is 13.4. The summed E-state index contributed by atoms with van der Waals surface area (Å²) in [6.07, 6.45) is 4.01. The molecule has 3 atom stereocenters. The Bertz CT molecular complexity index is 503. The number of carbonyl (C=O) groups is 1. The van der Waals surface area contributed by atoms with Gasteiger partial charge in [-0.15, -0.1) is 0 Å². The third kappa shape index (κ3) is 2.26. The van der Waals surface area contributed by atoms with E-state index in [4.69, 9.17) is 10.5 Å². The number of fused-ring (bicyclic) bond motifs is 2. The second-order valence-corrected chi connectivity index (χ2v) is 5.15. The SMILES string of the molecule is COC(=O)c1ccc(NC2CC3CCC2O3)c(N)c1. The van der Waals surface area contributed by atoms with E-state index in [1.165, 1.54) is 13.5 Å². The predicted octanol–water partition coefficient (Wildman–Crippen LogP) is 1.79. The van der Waals surface area contributed by atoms with E-state index in [1.54, 1.807) is 12.1 Å². The van der Waals surface area contributed by atoms with Gasteiger partial charge >= 0.3 is 5.97 Å². The van der Waals surface area contributed by atoms with Gasteiger partial charge in [0.25, 0.3) is 0 Å². The molecule has 2 aliphatic rings. The van der Waals surface area contributed by atoms with Crippen LogP contribution in [0.15, 0.2) is 18.2 Å². The Morgan fingerprint density at radius 2 is 2.32 bits per heavy atom. The van der Waals surface area contributed by atoms with Crippen molar-refractivity contribution >= 4 is 17.3 Å². The van der Waals surface area contributed by atoms with Crippen molar-refractivity contribution in [1.29, 1.82) is 0 Å². The van der Waals surface area contributed by atoms with E-state index in [0.717, 1.165) is 18.5 Å². The van der Waals surface area contributed by atoms with Gasteiger partial charge in [-0.1, -0.05) is 0 Å². The molecule has 0 aliphatic carbocycles. The fourth-order valence-electron chi connectivity index (χ4n) is 2.93. The lowest BCUT2D eigenvalue weighted by atomic mass is 9.95. The minimum Gasteiger partial charge on any atom is -0.465 e. The summed E-state index contributed by atoms with van der Waals surface area (Å²) >= 11 is 0. The van der Waals surface area contributed by atoms with Crippen molar-refractivity contribution in [3.8, 4) is 0 Å². The second-order valence-electron chi connectivity index (χ2n) is 5.15. The number of hydrogen-bond donors (Lipinski definition) is 2. The average Bonchev–Trinajstić information content (AvgIpc) is 3.02. The molecule has 0 aromatic heterocycles. The number of hydrogen-bond acceptors (Lipinski definition) is 5. The van der Waals surface area contributed by atoms with Crippen LogP contribution in [0.1, 0.15) is 29.6 Å². The monoisotopic (exact) mass is 262 g/mol. The number of carbonyl (C=O) groups excluding carboxylic acids is 1. The molecule has 3 rings (SSSR count). The molecule has 3 N–H and O–H groups in total. The van der Waals surface area contributed by atoms with Crippen LogP contribution in [0, 0.1) is 0 Å². The molecule has 5 heteroatoms. The van der Waals surface area contributed by atoms with E-state index in [-0.39, 0.29) is 5.97 Å². The number of esters is 1. The van der Waals surface area contributed by atoms with E-state index in [2.05, 4.69) is 10.1 Å². The smallest absolute Gasteiger partial charge is 0.337 e. The molecule has 0 amide bonds. The fraction of sp³-hybridized carbons (Fsp3) is 0.500. The highest BCUT2D eigenvalue weighted by atomic mass is 16.5. The molecule has 0 radical (unpaired) electrons. The normalized spacial score (nSPS) is 28.4. The maximum absolute atomic E-state index is 11.4. The van der Waals surface area contributed by atoms with Crippen LogP contribution in [0.3, 0.4) is 0 Å². The lowest BCUT2D eigenvalue weighted by Crippen LogP contribution is -2.30. The van der Waals surface area contributed by atoms with E-state index < -0.39 is 0 Å².